The molecule has 126 valence electrons. The van der Waals surface area contributed by atoms with Crippen molar-refractivity contribution >= 4 is 34.4 Å². The molecule has 3 rings (SSSR count). The quantitative estimate of drug-likeness (QED) is 0.659. The van der Waals surface area contributed by atoms with Crippen molar-refractivity contribution in [2.45, 2.75) is 12.8 Å². The fraction of sp³-hybridized carbons (Fsp3) is 0.111. The standard InChI is InChI=1S/C18H16N4O3/c19-18-20-10-12-9-11(5-7-14(12)22-18)6-8-16(23)21-15-4-2-1-3-13(15)17(24)25/h1-5,7,9-10H,6,8H2,(H,21,23)(H,24,25)(H2,19,20,22). The van der Waals surface area contributed by atoms with E-state index in [1.807, 2.05) is 18.2 Å². The first kappa shape index (κ1) is 16.4. The van der Waals surface area contributed by atoms with E-state index < -0.39 is 5.97 Å². The fourth-order valence-electron chi connectivity index (χ4n) is 2.50. The van der Waals surface area contributed by atoms with Crippen LogP contribution < -0.4 is 11.1 Å². The number of nitrogens with one attached hydrogen (secondary N) is 1. The number of anilines is 2. The lowest BCUT2D eigenvalue weighted by Gasteiger charge is -2.08. The van der Waals surface area contributed by atoms with Crippen molar-refractivity contribution in [2.24, 2.45) is 0 Å². The third-order valence-corrected chi connectivity index (χ3v) is 3.74. The van der Waals surface area contributed by atoms with Gasteiger partial charge in [-0.3, -0.25) is 4.79 Å². The number of benzene rings is 2. The lowest BCUT2D eigenvalue weighted by Crippen LogP contribution is -2.15. The Morgan fingerprint density at radius 1 is 1.16 bits per heavy atom. The van der Waals surface area contributed by atoms with Gasteiger partial charge in [-0.2, -0.15) is 0 Å². The average Bonchev–Trinajstić information content (AvgIpc) is 2.60. The Hall–Kier alpha value is -3.48. The first-order chi connectivity index (χ1) is 12.0. The minimum absolute atomic E-state index is 0.0660. The van der Waals surface area contributed by atoms with E-state index >= 15 is 0 Å². The third-order valence-electron chi connectivity index (χ3n) is 3.74. The lowest BCUT2D eigenvalue weighted by atomic mass is 10.1. The van der Waals surface area contributed by atoms with E-state index in [1.54, 1.807) is 24.4 Å². The number of carbonyl (C=O) groups excluding carboxylic acids is 1. The van der Waals surface area contributed by atoms with Crippen LogP contribution >= 0.6 is 0 Å². The molecule has 0 bridgehead atoms. The van der Waals surface area contributed by atoms with Gasteiger partial charge in [0.05, 0.1) is 16.8 Å². The third kappa shape index (κ3) is 3.89. The zero-order valence-corrected chi connectivity index (χ0v) is 13.3. The fourth-order valence-corrected chi connectivity index (χ4v) is 2.50. The number of hydrogen-bond donors (Lipinski definition) is 3. The van der Waals surface area contributed by atoms with Gasteiger partial charge >= 0.3 is 5.97 Å². The van der Waals surface area contributed by atoms with Gasteiger partial charge in [0.1, 0.15) is 0 Å². The number of carbonyl (C=O) groups is 2. The van der Waals surface area contributed by atoms with Crippen LogP contribution in [0.1, 0.15) is 22.3 Å². The zero-order valence-electron chi connectivity index (χ0n) is 13.3. The molecule has 1 heterocycles. The predicted molar refractivity (Wildman–Crippen MR) is 94.3 cm³/mol. The molecule has 0 fully saturated rings. The van der Waals surface area contributed by atoms with Crippen LogP contribution in [0.4, 0.5) is 11.6 Å². The normalized spacial score (nSPS) is 10.6. The molecule has 0 spiro atoms. The number of rotatable bonds is 5. The number of nitrogens with two attached hydrogens (primary N) is 1. The highest BCUT2D eigenvalue weighted by atomic mass is 16.4. The SMILES string of the molecule is Nc1ncc2cc(CCC(=O)Nc3ccccc3C(=O)O)ccc2n1. The van der Waals surface area contributed by atoms with E-state index in [1.165, 1.54) is 6.07 Å². The summed E-state index contributed by atoms with van der Waals surface area (Å²) in [6.07, 6.45) is 2.39. The number of hydrogen-bond acceptors (Lipinski definition) is 5. The van der Waals surface area contributed by atoms with E-state index in [9.17, 15) is 9.59 Å². The van der Waals surface area contributed by atoms with Crippen molar-refractivity contribution in [3.05, 3.63) is 59.8 Å². The van der Waals surface area contributed by atoms with Gasteiger partial charge in [-0.25, -0.2) is 14.8 Å². The van der Waals surface area contributed by atoms with Crippen LogP contribution in [0.25, 0.3) is 10.9 Å². The number of carboxylic acids is 1. The molecule has 25 heavy (non-hydrogen) atoms. The smallest absolute Gasteiger partial charge is 0.337 e. The zero-order chi connectivity index (χ0) is 17.8. The van der Waals surface area contributed by atoms with Crippen molar-refractivity contribution < 1.29 is 14.7 Å². The van der Waals surface area contributed by atoms with Crippen LogP contribution in [0.2, 0.25) is 0 Å². The number of nitrogen functional groups attached to an aromatic ring is 1. The second-order valence-electron chi connectivity index (χ2n) is 5.52. The van der Waals surface area contributed by atoms with Crippen LogP contribution in [0.5, 0.6) is 0 Å². The Morgan fingerprint density at radius 3 is 2.76 bits per heavy atom. The molecule has 3 aromatic rings. The number of nitrogens with zero attached hydrogens (tertiary/aromatic N) is 2. The summed E-state index contributed by atoms with van der Waals surface area (Å²) >= 11 is 0. The summed E-state index contributed by atoms with van der Waals surface area (Å²) in [6.45, 7) is 0. The second-order valence-corrected chi connectivity index (χ2v) is 5.52. The van der Waals surface area contributed by atoms with Gasteiger partial charge < -0.3 is 16.2 Å². The highest BCUT2D eigenvalue weighted by Gasteiger charge is 2.11. The van der Waals surface area contributed by atoms with E-state index in [0.29, 0.717) is 12.1 Å². The minimum Gasteiger partial charge on any atom is -0.478 e. The van der Waals surface area contributed by atoms with Gasteiger partial charge in [0, 0.05) is 18.0 Å². The molecule has 0 unspecified atom stereocenters. The maximum atomic E-state index is 12.1. The van der Waals surface area contributed by atoms with Crippen molar-refractivity contribution in [1.82, 2.24) is 9.97 Å². The summed E-state index contributed by atoms with van der Waals surface area (Å²) in [6, 6.07) is 11.9. The lowest BCUT2D eigenvalue weighted by molar-refractivity contribution is -0.116. The molecular weight excluding hydrogens is 320 g/mol. The molecule has 0 radical (unpaired) electrons. The number of aryl methyl sites for hydroxylation is 1. The Kier molecular flexibility index (Phi) is 4.56. The van der Waals surface area contributed by atoms with Crippen molar-refractivity contribution in [1.29, 1.82) is 0 Å². The van der Waals surface area contributed by atoms with Crippen LogP contribution in [0, 0.1) is 0 Å². The number of para-hydroxylation sites is 1. The largest absolute Gasteiger partial charge is 0.478 e. The highest BCUT2D eigenvalue weighted by Crippen LogP contribution is 2.17. The Labute approximate surface area is 143 Å². The molecular formula is C18H16N4O3. The number of carboxylic acid groups (broad SMARTS) is 1. The molecule has 0 aliphatic heterocycles. The Morgan fingerprint density at radius 2 is 1.96 bits per heavy atom. The summed E-state index contributed by atoms with van der Waals surface area (Å²) in [7, 11) is 0. The van der Waals surface area contributed by atoms with E-state index in [0.717, 1.165) is 16.5 Å². The van der Waals surface area contributed by atoms with Crippen molar-refractivity contribution in [3.63, 3.8) is 0 Å². The predicted octanol–water partition coefficient (Wildman–Crippen LogP) is 2.48. The molecule has 1 aromatic heterocycles. The topological polar surface area (TPSA) is 118 Å². The molecule has 7 heteroatoms. The van der Waals surface area contributed by atoms with Crippen LogP contribution in [-0.4, -0.2) is 27.0 Å². The molecule has 0 atom stereocenters. The molecule has 0 saturated carbocycles. The molecule has 0 aliphatic carbocycles. The molecule has 4 N–H and O–H groups in total. The monoisotopic (exact) mass is 336 g/mol. The van der Waals surface area contributed by atoms with Gasteiger partial charge in [-0.05, 0) is 36.2 Å². The van der Waals surface area contributed by atoms with E-state index in [-0.39, 0.29) is 23.8 Å². The Bertz CT molecular complexity index is 956. The second kappa shape index (κ2) is 6.96. The summed E-state index contributed by atoms with van der Waals surface area (Å²) in [4.78, 5) is 31.4. The Balaban J connectivity index is 1.66. The van der Waals surface area contributed by atoms with Crippen molar-refractivity contribution in [3.8, 4) is 0 Å². The summed E-state index contributed by atoms with van der Waals surface area (Å²) in [5.41, 5.74) is 7.62. The molecule has 0 saturated heterocycles. The summed E-state index contributed by atoms with van der Waals surface area (Å²) < 4.78 is 0. The highest BCUT2D eigenvalue weighted by molar-refractivity contribution is 6.00. The van der Waals surface area contributed by atoms with Gasteiger partial charge in [-0.1, -0.05) is 18.2 Å². The van der Waals surface area contributed by atoms with Crippen molar-refractivity contribution in [2.75, 3.05) is 11.1 Å². The first-order valence-electron chi connectivity index (χ1n) is 7.66. The maximum Gasteiger partial charge on any atom is 0.337 e. The number of amides is 1. The summed E-state index contributed by atoms with van der Waals surface area (Å²) in [5, 5.41) is 12.6. The van der Waals surface area contributed by atoms with Gasteiger partial charge in [0.2, 0.25) is 11.9 Å². The van der Waals surface area contributed by atoms with Crippen LogP contribution in [0.3, 0.4) is 0 Å². The summed E-state index contributed by atoms with van der Waals surface area (Å²) in [5.74, 6) is -1.11. The number of aromatic nitrogens is 2. The van der Waals surface area contributed by atoms with E-state index in [4.69, 9.17) is 10.8 Å². The molecule has 0 aliphatic rings. The number of fused-ring (bicyclic) bond motifs is 1. The van der Waals surface area contributed by atoms with Gasteiger partial charge in [0.15, 0.2) is 0 Å². The van der Waals surface area contributed by atoms with Crippen LogP contribution in [0.15, 0.2) is 48.7 Å². The first-order valence-corrected chi connectivity index (χ1v) is 7.66. The van der Waals surface area contributed by atoms with Gasteiger partial charge in [-0.15, -0.1) is 0 Å². The minimum atomic E-state index is -1.08. The molecule has 7 nitrogen and oxygen atoms in total. The van der Waals surface area contributed by atoms with Gasteiger partial charge in [0.25, 0.3) is 0 Å². The maximum absolute atomic E-state index is 12.1. The molecule has 2 aromatic carbocycles. The van der Waals surface area contributed by atoms with E-state index in [2.05, 4.69) is 15.3 Å². The van der Waals surface area contributed by atoms with Crippen LogP contribution in [-0.2, 0) is 11.2 Å². The number of aromatic carboxylic acids is 1. The average molecular weight is 336 g/mol. The molecule has 1 amide bonds.